The van der Waals surface area contributed by atoms with E-state index in [0.717, 1.165) is 18.5 Å². The Labute approximate surface area is 102 Å². The molecular weight excluding hydrogens is 219 g/mol. The molecule has 0 unspecified atom stereocenters. The van der Waals surface area contributed by atoms with Gasteiger partial charge in [0, 0.05) is 12.1 Å². The van der Waals surface area contributed by atoms with Crippen molar-refractivity contribution in [2.75, 3.05) is 6.54 Å². The molecule has 1 aromatic rings. The van der Waals surface area contributed by atoms with Crippen LogP contribution in [0.2, 0.25) is 0 Å². The number of pyridine rings is 1. The lowest BCUT2D eigenvalue weighted by molar-refractivity contribution is 0.122. The van der Waals surface area contributed by atoms with Gasteiger partial charge in [-0.05, 0) is 39.8 Å². The molecule has 0 saturated heterocycles. The molecule has 0 aliphatic rings. The molecule has 0 atom stereocenters. The van der Waals surface area contributed by atoms with Crippen molar-refractivity contribution >= 4 is 0 Å². The van der Waals surface area contributed by atoms with Crippen LogP contribution < -0.4 is 10.1 Å². The Bertz CT molecular complexity index is 361. The van der Waals surface area contributed by atoms with E-state index in [-0.39, 0.29) is 11.4 Å². The monoisotopic (exact) mass is 240 g/mol. The second kappa shape index (κ2) is 5.96. The first-order valence-corrected chi connectivity index (χ1v) is 5.96. The largest absolute Gasteiger partial charge is 0.472 e. The van der Waals surface area contributed by atoms with E-state index in [1.807, 2.05) is 20.8 Å². The second-order valence-corrected chi connectivity index (χ2v) is 5.01. The van der Waals surface area contributed by atoms with Gasteiger partial charge >= 0.3 is 0 Å². The molecule has 0 amide bonds. The Kier molecular flexibility index (Phi) is 4.87. The van der Waals surface area contributed by atoms with E-state index < -0.39 is 0 Å². The molecule has 1 rings (SSSR count). The van der Waals surface area contributed by atoms with Crippen molar-refractivity contribution in [3.8, 4) is 5.88 Å². The Morgan fingerprint density at radius 3 is 2.71 bits per heavy atom. The van der Waals surface area contributed by atoms with Crippen LogP contribution in [0.15, 0.2) is 12.3 Å². The van der Waals surface area contributed by atoms with Crippen LogP contribution in [0.5, 0.6) is 5.88 Å². The summed E-state index contributed by atoms with van der Waals surface area (Å²) >= 11 is 0. The third kappa shape index (κ3) is 5.13. The van der Waals surface area contributed by atoms with Crippen LogP contribution >= 0.6 is 0 Å². The lowest BCUT2D eigenvalue weighted by Gasteiger charge is -2.22. The van der Waals surface area contributed by atoms with Crippen molar-refractivity contribution in [2.45, 2.75) is 46.3 Å². The maximum absolute atomic E-state index is 13.1. The lowest BCUT2D eigenvalue weighted by atomic mass is 10.2. The number of aromatic nitrogens is 1. The normalized spacial score (nSPS) is 11.6. The van der Waals surface area contributed by atoms with Crippen molar-refractivity contribution in [3.63, 3.8) is 0 Å². The maximum Gasteiger partial charge on any atom is 0.218 e. The number of hydrogen-bond donors (Lipinski definition) is 1. The summed E-state index contributed by atoms with van der Waals surface area (Å²) in [5, 5.41) is 3.22. The second-order valence-electron chi connectivity index (χ2n) is 5.01. The summed E-state index contributed by atoms with van der Waals surface area (Å²) in [4.78, 5) is 4.01. The molecule has 3 nitrogen and oxygen atoms in total. The number of rotatable bonds is 5. The highest BCUT2D eigenvalue weighted by Crippen LogP contribution is 2.21. The highest BCUT2D eigenvalue weighted by Gasteiger charge is 2.16. The fraction of sp³-hybridized carbons (Fsp3) is 0.615. The molecule has 96 valence electrons. The Morgan fingerprint density at radius 2 is 2.12 bits per heavy atom. The summed E-state index contributed by atoms with van der Waals surface area (Å²) in [7, 11) is 0. The molecule has 1 N–H and O–H groups in total. The number of nitrogens with one attached hydrogen (secondary N) is 1. The SMILES string of the molecule is CCCNCc1cc(F)cnc1OC(C)(C)C. The molecule has 0 fully saturated rings. The third-order valence-corrected chi connectivity index (χ3v) is 2.04. The highest BCUT2D eigenvalue weighted by molar-refractivity contribution is 5.26. The molecule has 0 spiro atoms. The van der Waals surface area contributed by atoms with E-state index >= 15 is 0 Å². The first-order chi connectivity index (χ1) is 7.92. The summed E-state index contributed by atoms with van der Waals surface area (Å²) in [6.07, 6.45) is 2.22. The van der Waals surface area contributed by atoms with Gasteiger partial charge in [0.05, 0.1) is 6.20 Å². The minimum Gasteiger partial charge on any atom is -0.472 e. The summed E-state index contributed by atoms with van der Waals surface area (Å²) in [6, 6.07) is 1.47. The predicted octanol–water partition coefficient (Wildman–Crippen LogP) is 2.90. The fourth-order valence-corrected chi connectivity index (χ4v) is 1.38. The standard InChI is InChI=1S/C13H21FN2O/c1-5-6-15-8-10-7-11(14)9-16-12(10)17-13(2,3)4/h7,9,15H,5-6,8H2,1-4H3. The smallest absolute Gasteiger partial charge is 0.218 e. The highest BCUT2D eigenvalue weighted by atomic mass is 19.1. The Balaban J connectivity index is 2.80. The van der Waals surface area contributed by atoms with Gasteiger partial charge < -0.3 is 10.1 Å². The fourth-order valence-electron chi connectivity index (χ4n) is 1.38. The third-order valence-electron chi connectivity index (χ3n) is 2.04. The Hall–Kier alpha value is -1.16. The topological polar surface area (TPSA) is 34.2 Å². The van der Waals surface area contributed by atoms with Crippen LogP contribution in [0.4, 0.5) is 4.39 Å². The van der Waals surface area contributed by atoms with E-state index in [0.29, 0.717) is 12.4 Å². The summed E-state index contributed by atoms with van der Waals surface area (Å²) in [5.74, 6) is 0.169. The van der Waals surface area contributed by atoms with Gasteiger partial charge in [0.1, 0.15) is 11.4 Å². The van der Waals surface area contributed by atoms with Gasteiger partial charge in [0.25, 0.3) is 0 Å². The predicted molar refractivity (Wildman–Crippen MR) is 66.6 cm³/mol. The van der Waals surface area contributed by atoms with E-state index in [9.17, 15) is 4.39 Å². The maximum atomic E-state index is 13.1. The molecular formula is C13H21FN2O. The average molecular weight is 240 g/mol. The van der Waals surface area contributed by atoms with Crippen LogP contribution in [0.25, 0.3) is 0 Å². The van der Waals surface area contributed by atoms with Crippen LogP contribution in [0.1, 0.15) is 39.7 Å². The number of halogens is 1. The Morgan fingerprint density at radius 1 is 1.41 bits per heavy atom. The molecule has 0 aliphatic heterocycles. The molecule has 0 saturated carbocycles. The number of hydrogen-bond acceptors (Lipinski definition) is 3. The van der Waals surface area contributed by atoms with Crippen LogP contribution in [0, 0.1) is 5.82 Å². The molecule has 0 bridgehead atoms. The molecule has 0 aliphatic carbocycles. The molecule has 1 heterocycles. The van der Waals surface area contributed by atoms with Crippen LogP contribution in [-0.2, 0) is 6.54 Å². The van der Waals surface area contributed by atoms with Gasteiger partial charge in [0.2, 0.25) is 5.88 Å². The zero-order valence-electron chi connectivity index (χ0n) is 11.0. The first-order valence-electron chi connectivity index (χ1n) is 5.96. The van der Waals surface area contributed by atoms with Crippen molar-refractivity contribution in [1.82, 2.24) is 10.3 Å². The molecule has 0 radical (unpaired) electrons. The zero-order valence-corrected chi connectivity index (χ0v) is 11.0. The summed E-state index contributed by atoms with van der Waals surface area (Å²) in [6.45, 7) is 9.39. The first kappa shape index (κ1) is 13.9. The minimum atomic E-state index is -0.334. The lowest BCUT2D eigenvalue weighted by Crippen LogP contribution is -2.25. The molecule has 1 aromatic heterocycles. The van der Waals surface area contributed by atoms with Crippen LogP contribution in [0.3, 0.4) is 0 Å². The van der Waals surface area contributed by atoms with E-state index in [4.69, 9.17) is 4.74 Å². The number of ether oxygens (including phenoxy) is 1. The van der Waals surface area contributed by atoms with E-state index in [2.05, 4.69) is 17.2 Å². The number of nitrogens with zero attached hydrogens (tertiary/aromatic N) is 1. The van der Waals surface area contributed by atoms with E-state index in [1.165, 1.54) is 12.3 Å². The average Bonchev–Trinajstić information content (AvgIpc) is 2.20. The van der Waals surface area contributed by atoms with Gasteiger partial charge in [-0.1, -0.05) is 6.92 Å². The van der Waals surface area contributed by atoms with Gasteiger partial charge in [-0.3, -0.25) is 0 Å². The van der Waals surface area contributed by atoms with Crippen molar-refractivity contribution in [3.05, 3.63) is 23.6 Å². The minimum absolute atomic E-state index is 0.329. The van der Waals surface area contributed by atoms with Crippen LogP contribution in [-0.4, -0.2) is 17.1 Å². The van der Waals surface area contributed by atoms with Gasteiger partial charge in [0.15, 0.2) is 0 Å². The van der Waals surface area contributed by atoms with Gasteiger partial charge in [-0.15, -0.1) is 0 Å². The van der Waals surface area contributed by atoms with Gasteiger partial charge in [-0.2, -0.15) is 0 Å². The zero-order chi connectivity index (χ0) is 12.9. The summed E-state index contributed by atoms with van der Waals surface area (Å²) < 4.78 is 18.8. The van der Waals surface area contributed by atoms with Crippen molar-refractivity contribution in [2.24, 2.45) is 0 Å². The molecule has 0 aromatic carbocycles. The van der Waals surface area contributed by atoms with Gasteiger partial charge in [-0.25, -0.2) is 9.37 Å². The quantitative estimate of drug-likeness (QED) is 0.804. The molecule has 17 heavy (non-hydrogen) atoms. The van der Waals surface area contributed by atoms with E-state index in [1.54, 1.807) is 0 Å². The van der Waals surface area contributed by atoms with Crippen molar-refractivity contribution in [1.29, 1.82) is 0 Å². The summed E-state index contributed by atoms with van der Waals surface area (Å²) in [5.41, 5.74) is 0.429. The van der Waals surface area contributed by atoms with Crippen molar-refractivity contribution < 1.29 is 9.13 Å². The molecule has 4 heteroatoms.